The Bertz CT molecular complexity index is 2140. The molecule has 0 spiro atoms. The van der Waals surface area contributed by atoms with Crippen LogP contribution in [0.2, 0.25) is 0 Å². The Morgan fingerprint density at radius 1 is 0.915 bits per heavy atom. The van der Waals surface area contributed by atoms with Gasteiger partial charge in [0, 0.05) is 55.6 Å². The number of aromatic nitrogens is 6. The summed E-state index contributed by atoms with van der Waals surface area (Å²) in [5.41, 5.74) is 7.66. The van der Waals surface area contributed by atoms with Gasteiger partial charge < -0.3 is 9.64 Å². The van der Waals surface area contributed by atoms with E-state index < -0.39 is 5.60 Å². The van der Waals surface area contributed by atoms with Crippen LogP contribution in [0, 0.1) is 0 Å². The van der Waals surface area contributed by atoms with Crippen LogP contribution in [0.1, 0.15) is 52.0 Å². The first-order chi connectivity index (χ1) is 22.6. The van der Waals surface area contributed by atoms with Gasteiger partial charge in [0.2, 0.25) is 0 Å². The highest BCUT2D eigenvalue weighted by atomic mass is 16.6. The lowest BCUT2D eigenvalue weighted by molar-refractivity contribution is 0.0205. The number of hydrogen-bond acceptors (Lipinski definition) is 6. The zero-order valence-electron chi connectivity index (χ0n) is 27.5. The van der Waals surface area contributed by atoms with Crippen LogP contribution >= 0.6 is 0 Å². The monoisotopic (exact) mass is 629 g/mol. The van der Waals surface area contributed by atoms with E-state index in [2.05, 4.69) is 29.4 Å². The Morgan fingerprint density at radius 3 is 2.30 bits per heavy atom. The molecule has 0 aliphatic carbocycles. The first-order valence-electron chi connectivity index (χ1n) is 16.2. The fraction of sp³-hybridized carbons (Fsp3) is 0.324. The lowest BCUT2D eigenvalue weighted by Crippen LogP contribution is -2.41. The molecule has 10 heteroatoms. The largest absolute Gasteiger partial charge is 0.444 e. The number of piperidine rings is 1. The maximum atomic E-state index is 13.9. The van der Waals surface area contributed by atoms with Crippen molar-refractivity contribution in [1.29, 1.82) is 0 Å². The van der Waals surface area contributed by atoms with Crippen molar-refractivity contribution in [1.82, 2.24) is 33.8 Å². The van der Waals surface area contributed by atoms with E-state index in [1.165, 1.54) is 5.56 Å². The molecule has 5 heterocycles. The van der Waals surface area contributed by atoms with Gasteiger partial charge in [-0.05, 0) is 87.9 Å². The lowest BCUT2D eigenvalue weighted by Gasteiger charge is -2.33. The molecule has 1 fully saturated rings. The molecule has 0 N–H and O–H groups in total. The molecule has 0 unspecified atom stereocenters. The molecule has 0 bridgehead atoms. The molecule has 6 aromatic rings. The molecular weight excluding hydrogens is 590 g/mol. The first kappa shape index (κ1) is 30.4. The second-order valence-electron chi connectivity index (χ2n) is 13.3. The van der Waals surface area contributed by atoms with Crippen molar-refractivity contribution in [3.8, 4) is 28.1 Å². The van der Waals surface area contributed by atoms with Crippen LogP contribution in [0.4, 0.5) is 4.79 Å². The highest BCUT2D eigenvalue weighted by Gasteiger charge is 2.28. The van der Waals surface area contributed by atoms with Gasteiger partial charge >= 0.3 is 11.8 Å². The Hall–Kier alpha value is -5.25. The smallest absolute Gasteiger partial charge is 0.410 e. The third kappa shape index (κ3) is 5.80. The fourth-order valence-corrected chi connectivity index (χ4v) is 6.55. The molecule has 7 rings (SSSR count). The second kappa shape index (κ2) is 11.8. The van der Waals surface area contributed by atoms with E-state index >= 15 is 0 Å². The maximum absolute atomic E-state index is 13.9. The van der Waals surface area contributed by atoms with Crippen LogP contribution in [0.5, 0.6) is 0 Å². The summed E-state index contributed by atoms with van der Waals surface area (Å²) in [7, 11) is 1.89. The number of rotatable bonds is 5. The summed E-state index contributed by atoms with van der Waals surface area (Å²) in [6, 6.07) is 18.5. The summed E-state index contributed by atoms with van der Waals surface area (Å²) >= 11 is 0. The van der Waals surface area contributed by atoms with Crippen molar-refractivity contribution >= 4 is 28.0 Å². The number of aryl methyl sites for hydroxylation is 2. The molecular formula is C37H39N7O3. The molecule has 4 aromatic heterocycles. The minimum atomic E-state index is -0.505. The highest BCUT2D eigenvalue weighted by Crippen LogP contribution is 2.33. The van der Waals surface area contributed by atoms with Crippen molar-refractivity contribution < 1.29 is 9.53 Å². The third-order valence-electron chi connectivity index (χ3n) is 8.94. The molecule has 47 heavy (non-hydrogen) atoms. The predicted octanol–water partition coefficient (Wildman–Crippen LogP) is 6.94. The summed E-state index contributed by atoms with van der Waals surface area (Å²) in [5.74, 6) is 0.335. The van der Waals surface area contributed by atoms with Gasteiger partial charge in [0.05, 0.1) is 40.3 Å². The van der Waals surface area contributed by atoms with Gasteiger partial charge in [-0.15, -0.1) is 0 Å². The summed E-state index contributed by atoms with van der Waals surface area (Å²) in [5, 5.41) is 5.16. The molecule has 0 atom stereocenters. The number of pyridine rings is 2. The summed E-state index contributed by atoms with van der Waals surface area (Å²) < 4.78 is 10.9. The van der Waals surface area contributed by atoms with E-state index in [1.807, 2.05) is 82.0 Å². The second-order valence-corrected chi connectivity index (χ2v) is 13.3. The van der Waals surface area contributed by atoms with Crippen molar-refractivity contribution in [3.05, 3.63) is 95.4 Å². The molecule has 2 aromatic carbocycles. The van der Waals surface area contributed by atoms with Gasteiger partial charge in [-0.1, -0.05) is 24.3 Å². The van der Waals surface area contributed by atoms with Gasteiger partial charge in [0.1, 0.15) is 5.60 Å². The quantitative estimate of drug-likeness (QED) is 0.205. The number of ether oxygens (including phenoxy) is 1. The van der Waals surface area contributed by atoms with E-state index in [4.69, 9.17) is 14.7 Å². The standard InChI is InChI=1S/C37H39N7O3/c1-6-43-33-22-39-32-14-9-26(27-10-13-31(38-20-27)28-21-40-41(5)23-28)19-30(32)34(33)44(35(43)45)29-11-7-24(8-12-29)25-15-17-42(18-16-25)36(46)47-37(2,3)4/h7-14,19-23,25H,6,15-18H2,1-5H3. The Labute approximate surface area is 273 Å². The van der Waals surface area contributed by atoms with Crippen LogP contribution in [-0.2, 0) is 18.3 Å². The van der Waals surface area contributed by atoms with Gasteiger partial charge in [-0.3, -0.25) is 23.8 Å². The number of fused-ring (bicyclic) bond motifs is 3. The average Bonchev–Trinajstić information content (AvgIpc) is 3.64. The molecule has 1 aliphatic heterocycles. The van der Waals surface area contributed by atoms with Crippen LogP contribution in [0.25, 0.3) is 50.0 Å². The Kier molecular flexibility index (Phi) is 7.66. The topological polar surface area (TPSA) is 100 Å². The molecule has 1 aliphatic rings. The number of benzene rings is 2. The molecule has 1 saturated heterocycles. The minimum Gasteiger partial charge on any atom is -0.444 e. The molecule has 240 valence electrons. The predicted molar refractivity (Wildman–Crippen MR) is 184 cm³/mol. The number of likely N-dealkylation sites (tertiary alicyclic amines) is 1. The van der Waals surface area contributed by atoms with Gasteiger partial charge in [0.15, 0.2) is 0 Å². The van der Waals surface area contributed by atoms with Crippen LogP contribution in [-0.4, -0.2) is 58.6 Å². The zero-order valence-corrected chi connectivity index (χ0v) is 27.5. The van der Waals surface area contributed by atoms with Crippen LogP contribution < -0.4 is 5.69 Å². The normalized spacial score (nSPS) is 14.3. The minimum absolute atomic E-state index is 0.0943. The molecule has 0 radical (unpaired) electrons. The van der Waals surface area contributed by atoms with Crippen LogP contribution in [0.15, 0.2) is 84.2 Å². The zero-order chi connectivity index (χ0) is 32.9. The maximum Gasteiger partial charge on any atom is 0.410 e. The van der Waals surface area contributed by atoms with Crippen molar-refractivity contribution in [2.75, 3.05) is 13.1 Å². The number of carbonyl (C=O) groups is 1. The molecule has 0 saturated carbocycles. The lowest BCUT2D eigenvalue weighted by atomic mass is 9.89. The third-order valence-corrected chi connectivity index (χ3v) is 8.94. The van der Waals surface area contributed by atoms with E-state index in [-0.39, 0.29) is 11.8 Å². The summed E-state index contributed by atoms with van der Waals surface area (Å²) in [6.07, 6.45) is 8.91. The van der Waals surface area contributed by atoms with Crippen molar-refractivity contribution in [2.45, 2.75) is 58.6 Å². The Balaban J connectivity index is 1.21. The fourth-order valence-electron chi connectivity index (χ4n) is 6.55. The van der Waals surface area contributed by atoms with Gasteiger partial charge in [-0.25, -0.2) is 9.59 Å². The van der Waals surface area contributed by atoms with Crippen molar-refractivity contribution in [2.24, 2.45) is 7.05 Å². The number of amides is 1. The SMILES string of the molecule is CCn1c(=O)n(-c2ccc(C3CCN(C(=O)OC(C)(C)C)CC3)cc2)c2c3cc(-c4ccc(-c5cnn(C)c5)nc4)ccc3ncc21. The molecule has 1 amide bonds. The van der Waals surface area contributed by atoms with Crippen LogP contribution in [0.3, 0.4) is 0 Å². The van der Waals surface area contributed by atoms with E-state index in [0.717, 1.165) is 62.8 Å². The summed E-state index contributed by atoms with van der Waals surface area (Å²) in [6.45, 7) is 9.50. The van der Waals surface area contributed by atoms with Crippen molar-refractivity contribution in [3.63, 3.8) is 0 Å². The average molecular weight is 630 g/mol. The summed E-state index contributed by atoms with van der Waals surface area (Å²) in [4.78, 5) is 37.7. The number of hydrogen-bond donors (Lipinski definition) is 0. The number of imidazole rings is 1. The van der Waals surface area contributed by atoms with E-state index in [0.29, 0.717) is 25.6 Å². The Morgan fingerprint density at radius 2 is 1.66 bits per heavy atom. The van der Waals surface area contributed by atoms with Gasteiger partial charge in [0.25, 0.3) is 0 Å². The van der Waals surface area contributed by atoms with E-state index in [1.54, 1.807) is 26.5 Å². The van der Waals surface area contributed by atoms with E-state index in [9.17, 15) is 9.59 Å². The highest BCUT2D eigenvalue weighted by molar-refractivity contribution is 6.04. The van der Waals surface area contributed by atoms with Gasteiger partial charge in [-0.2, -0.15) is 5.10 Å². The number of nitrogens with zero attached hydrogens (tertiary/aromatic N) is 7. The number of carbonyl (C=O) groups excluding carboxylic acids is 1. The first-order valence-corrected chi connectivity index (χ1v) is 16.2. The molecule has 10 nitrogen and oxygen atoms in total.